The number of hydrogen-bond acceptors (Lipinski definition) is 1. The van der Waals surface area contributed by atoms with Crippen LogP contribution in [0.15, 0.2) is 29.0 Å². The van der Waals surface area contributed by atoms with Gasteiger partial charge in [-0.3, -0.25) is 0 Å². The van der Waals surface area contributed by atoms with Gasteiger partial charge in [-0.25, -0.2) is 4.98 Å². The van der Waals surface area contributed by atoms with Crippen LogP contribution in [0.3, 0.4) is 0 Å². The molecule has 0 radical (unpaired) electrons. The molecule has 0 fully saturated rings. The highest BCUT2D eigenvalue weighted by Crippen LogP contribution is 2.25. The number of pyridine rings is 1. The van der Waals surface area contributed by atoms with Gasteiger partial charge in [-0.05, 0) is 28.1 Å². The van der Waals surface area contributed by atoms with Crippen molar-refractivity contribution in [3.63, 3.8) is 0 Å². The highest BCUT2D eigenvalue weighted by atomic mass is 79.9. The molecule has 0 unspecified atom stereocenters. The zero-order valence-corrected chi connectivity index (χ0v) is 9.01. The summed E-state index contributed by atoms with van der Waals surface area (Å²) in [7, 11) is 0. The zero-order chi connectivity index (χ0) is 11.1. The minimum absolute atomic E-state index is 0.335. The Kier molecular flexibility index (Phi) is 2.46. The number of alkyl halides is 3. The monoisotopic (exact) mass is 278 g/mol. The molecule has 0 saturated carbocycles. The summed E-state index contributed by atoms with van der Waals surface area (Å²) >= 11 is 3.26. The second kappa shape index (κ2) is 3.52. The largest absolute Gasteiger partial charge is 0.406 e. The minimum atomic E-state index is -4.23. The van der Waals surface area contributed by atoms with E-state index in [0.717, 1.165) is 9.04 Å². The summed E-state index contributed by atoms with van der Waals surface area (Å²) in [6.45, 7) is -1.01. The van der Waals surface area contributed by atoms with E-state index in [-0.39, 0.29) is 0 Å². The number of rotatable bonds is 1. The summed E-state index contributed by atoms with van der Waals surface area (Å²) in [6, 6.07) is 3.30. The van der Waals surface area contributed by atoms with E-state index in [2.05, 4.69) is 20.9 Å². The Hall–Kier alpha value is -1.04. The molecule has 2 rings (SSSR count). The number of aromatic nitrogens is 2. The summed E-state index contributed by atoms with van der Waals surface area (Å²) in [5.74, 6) is 0. The van der Waals surface area contributed by atoms with Crippen LogP contribution >= 0.6 is 15.9 Å². The van der Waals surface area contributed by atoms with Gasteiger partial charge in [0.2, 0.25) is 0 Å². The van der Waals surface area contributed by atoms with Gasteiger partial charge in [0.15, 0.2) is 0 Å². The van der Waals surface area contributed by atoms with Gasteiger partial charge in [0, 0.05) is 22.3 Å². The zero-order valence-electron chi connectivity index (χ0n) is 7.42. The number of halogens is 4. The fourth-order valence-corrected chi connectivity index (χ4v) is 1.81. The highest BCUT2D eigenvalue weighted by molar-refractivity contribution is 9.10. The Morgan fingerprint density at radius 3 is 2.73 bits per heavy atom. The summed E-state index contributed by atoms with van der Waals surface area (Å²) < 4.78 is 38.4. The van der Waals surface area contributed by atoms with E-state index in [1.54, 1.807) is 12.1 Å². The lowest BCUT2D eigenvalue weighted by molar-refractivity contribution is -0.139. The van der Waals surface area contributed by atoms with Gasteiger partial charge in [0.25, 0.3) is 0 Å². The van der Waals surface area contributed by atoms with Gasteiger partial charge >= 0.3 is 6.18 Å². The van der Waals surface area contributed by atoms with Crippen molar-refractivity contribution in [2.75, 3.05) is 0 Å². The van der Waals surface area contributed by atoms with Crippen molar-refractivity contribution in [1.29, 1.82) is 0 Å². The van der Waals surface area contributed by atoms with Crippen LogP contribution in [0.25, 0.3) is 11.0 Å². The molecule has 0 spiro atoms. The van der Waals surface area contributed by atoms with Gasteiger partial charge < -0.3 is 4.57 Å². The number of nitrogens with zero attached hydrogens (tertiary/aromatic N) is 2. The lowest BCUT2D eigenvalue weighted by Gasteiger charge is -2.08. The number of fused-ring (bicyclic) bond motifs is 1. The summed E-state index contributed by atoms with van der Waals surface area (Å²) in [6.07, 6.45) is -1.37. The average Bonchev–Trinajstić information content (AvgIpc) is 2.48. The number of hydrogen-bond donors (Lipinski definition) is 0. The van der Waals surface area contributed by atoms with E-state index in [4.69, 9.17) is 0 Å². The van der Waals surface area contributed by atoms with Crippen LogP contribution in [0.4, 0.5) is 13.2 Å². The van der Waals surface area contributed by atoms with E-state index in [1.807, 2.05) is 0 Å². The first kappa shape index (κ1) is 10.5. The molecular formula is C9H6BrF3N2. The molecule has 0 aliphatic carbocycles. The Labute approximate surface area is 91.8 Å². The maximum Gasteiger partial charge on any atom is 0.406 e. The lowest BCUT2D eigenvalue weighted by atomic mass is 10.3. The van der Waals surface area contributed by atoms with Crippen LogP contribution in [-0.4, -0.2) is 15.7 Å². The molecule has 0 aromatic carbocycles. The van der Waals surface area contributed by atoms with Gasteiger partial charge in [0.05, 0.1) is 0 Å². The Morgan fingerprint density at radius 1 is 1.33 bits per heavy atom. The van der Waals surface area contributed by atoms with Crippen molar-refractivity contribution in [1.82, 2.24) is 9.55 Å². The normalized spacial score (nSPS) is 12.3. The molecule has 0 amide bonds. The molecule has 0 N–H and O–H groups in total. The van der Waals surface area contributed by atoms with Crippen molar-refractivity contribution in [2.24, 2.45) is 0 Å². The summed E-state index contributed by atoms with van der Waals surface area (Å²) in [5.41, 5.74) is 0.335. The highest BCUT2D eigenvalue weighted by Gasteiger charge is 2.28. The standard InChI is InChI=1S/C9H6BrF3N2/c10-7-1-3-14-8-6(7)2-4-15(8)5-9(11,12)13/h1-4H,5H2. The molecule has 15 heavy (non-hydrogen) atoms. The van der Waals surface area contributed by atoms with Gasteiger partial charge in [-0.15, -0.1) is 0 Å². The van der Waals surface area contributed by atoms with E-state index >= 15 is 0 Å². The SMILES string of the molecule is FC(F)(F)Cn1ccc2c(Br)ccnc21. The van der Waals surface area contributed by atoms with E-state index in [0.29, 0.717) is 11.0 Å². The third-order valence-electron chi connectivity index (χ3n) is 1.96. The quantitative estimate of drug-likeness (QED) is 0.782. The molecule has 0 atom stereocenters. The van der Waals surface area contributed by atoms with Crippen LogP contribution in [0.5, 0.6) is 0 Å². The molecule has 0 bridgehead atoms. The van der Waals surface area contributed by atoms with Crippen molar-refractivity contribution in [3.8, 4) is 0 Å². The first-order chi connectivity index (χ1) is 6.97. The second-order valence-electron chi connectivity index (χ2n) is 3.09. The smallest absolute Gasteiger partial charge is 0.323 e. The average molecular weight is 279 g/mol. The topological polar surface area (TPSA) is 17.8 Å². The fraction of sp³-hybridized carbons (Fsp3) is 0.222. The predicted molar refractivity (Wildman–Crippen MR) is 53.5 cm³/mol. The van der Waals surface area contributed by atoms with Crippen molar-refractivity contribution in [2.45, 2.75) is 12.7 Å². The molecule has 2 aromatic rings. The van der Waals surface area contributed by atoms with Crippen molar-refractivity contribution < 1.29 is 13.2 Å². The third-order valence-corrected chi connectivity index (χ3v) is 2.65. The molecular weight excluding hydrogens is 273 g/mol. The molecule has 0 saturated heterocycles. The van der Waals surface area contributed by atoms with Crippen molar-refractivity contribution in [3.05, 3.63) is 29.0 Å². The van der Waals surface area contributed by atoms with E-state index in [1.165, 1.54) is 12.4 Å². The maximum absolute atomic E-state index is 12.2. The fourth-order valence-electron chi connectivity index (χ4n) is 1.38. The Bertz CT molecular complexity index is 490. The van der Waals surface area contributed by atoms with Crippen LogP contribution < -0.4 is 0 Å². The van der Waals surface area contributed by atoms with Crippen molar-refractivity contribution >= 4 is 27.0 Å². The summed E-state index contributed by atoms with van der Waals surface area (Å²) in [4.78, 5) is 3.92. The van der Waals surface area contributed by atoms with E-state index < -0.39 is 12.7 Å². The molecule has 2 nitrogen and oxygen atoms in total. The Morgan fingerprint density at radius 2 is 2.07 bits per heavy atom. The predicted octanol–water partition coefficient (Wildman–Crippen LogP) is 3.36. The molecule has 0 aliphatic rings. The molecule has 80 valence electrons. The van der Waals surface area contributed by atoms with Gasteiger partial charge in [0.1, 0.15) is 12.2 Å². The van der Waals surface area contributed by atoms with Gasteiger partial charge in [-0.2, -0.15) is 13.2 Å². The maximum atomic E-state index is 12.2. The van der Waals surface area contributed by atoms with E-state index in [9.17, 15) is 13.2 Å². The lowest BCUT2D eigenvalue weighted by Crippen LogP contribution is -2.17. The molecule has 0 aliphatic heterocycles. The minimum Gasteiger partial charge on any atom is -0.323 e. The summed E-state index contributed by atoms with van der Waals surface area (Å²) in [5, 5.41) is 0.682. The third kappa shape index (κ3) is 2.14. The first-order valence-corrected chi connectivity index (χ1v) is 4.93. The first-order valence-electron chi connectivity index (χ1n) is 4.13. The molecule has 2 aromatic heterocycles. The van der Waals surface area contributed by atoms with Crippen LogP contribution in [0, 0.1) is 0 Å². The molecule has 2 heterocycles. The van der Waals surface area contributed by atoms with Gasteiger partial charge in [-0.1, -0.05) is 0 Å². The second-order valence-corrected chi connectivity index (χ2v) is 3.94. The Balaban J connectivity index is 2.50. The van der Waals surface area contributed by atoms with Crippen LogP contribution in [0.2, 0.25) is 0 Å². The molecule has 6 heteroatoms. The van der Waals surface area contributed by atoms with Crippen LogP contribution in [-0.2, 0) is 6.54 Å². The van der Waals surface area contributed by atoms with Crippen LogP contribution in [0.1, 0.15) is 0 Å².